The van der Waals surface area contributed by atoms with Crippen molar-refractivity contribution >= 4 is 5.69 Å². The molecule has 2 aromatic rings. The van der Waals surface area contributed by atoms with E-state index in [1.807, 2.05) is 0 Å². The third-order valence-corrected chi connectivity index (χ3v) is 3.80. The van der Waals surface area contributed by atoms with Crippen LogP contribution in [0.4, 0.5) is 5.69 Å². The molecule has 0 unspecified atom stereocenters. The lowest BCUT2D eigenvalue weighted by atomic mass is 10.0. The van der Waals surface area contributed by atoms with Gasteiger partial charge in [-0.05, 0) is 25.0 Å². The molecule has 2 heterocycles. The van der Waals surface area contributed by atoms with Gasteiger partial charge in [-0.25, -0.2) is 0 Å². The molecule has 3 rings (SSSR count). The minimum Gasteiger partial charge on any atom is -0.371 e. The number of aromatic nitrogens is 2. The molecule has 0 atom stereocenters. The molecule has 0 amide bonds. The maximum atomic E-state index is 4.72. The van der Waals surface area contributed by atoms with Gasteiger partial charge >= 0.3 is 0 Å². The van der Waals surface area contributed by atoms with Crippen LogP contribution in [0.25, 0.3) is 0 Å². The summed E-state index contributed by atoms with van der Waals surface area (Å²) >= 11 is 0. The summed E-state index contributed by atoms with van der Waals surface area (Å²) in [6, 6.07) is 11.2. The average molecular weight is 272 g/mol. The minimum atomic E-state index is 0.599. The van der Waals surface area contributed by atoms with Crippen molar-refractivity contribution < 1.29 is 4.52 Å². The Balaban J connectivity index is 1.40. The first-order chi connectivity index (χ1) is 9.92. The van der Waals surface area contributed by atoms with Crippen molar-refractivity contribution in [1.82, 2.24) is 15.5 Å². The van der Waals surface area contributed by atoms with Gasteiger partial charge in [-0.2, -0.15) is 4.98 Å². The van der Waals surface area contributed by atoms with Crippen molar-refractivity contribution in [2.45, 2.75) is 25.3 Å². The van der Waals surface area contributed by atoms with Crippen LogP contribution in [-0.4, -0.2) is 35.8 Å². The van der Waals surface area contributed by atoms with E-state index in [9.17, 15) is 0 Å². The lowest BCUT2D eigenvalue weighted by molar-refractivity contribution is 0.399. The number of rotatable bonds is 5. The van der Waals surface area contributed by atoms with Crippen LogP contribution in [0, 0.1) is 0 Å². The van der Waals surface area contributed by atoms with E-state index in [2.05, 4.69) is 50.7 Å². The molecule has 1 N–H and O–H groups in total. The molecule has 0 spiro atoms. The summed E-state index contributed by atoms with van der Waals surface area (Å²) in [4.78, 5) is 6.48. The third-order valence-electron chi connectivity index (χ3n) is 3.80. The van der Waals surface area contributed by atoms with Crippen LogP contribution < -0.4 is 10.2 Å². The lowest BCUT2D eigenvalue weighted by Crippen LogP contribution is -2.43. The van der Waals surface area contributed by atoms with Crippen molar-refractivity contribution in [2.24, 2.45) is 0 Å². The number of benzene rings is 1. The standard InChI is InChI=1S/C15H20N4O/c1-2-4-14(5-3-1)19-10-7-13(8-11-19)16-9-6-15-17-12-20-18-15/h1-5,12-13,16H,6-11H2. The van der Waals surface area contributed by atoms with Gasteiger partial charge in [0.15, 0.2) is 5.82 Å². The summed E-state index contributed by atoms with van der Waals surface area (Å²) in [5.41, 5.74) is 1.33. The normalized spacial score (nSPS) is 16.5. The van der Waals surface area contributed by atoms with Gasteiger partial charge in [-0.1, -0.05) is 23.4 Å². The van der Waals surface area contributed by atoms with Gasteiger partial charge in [0.1, 0.15) is 0 Å². The molecule has 1 aliphatic rings. The Morgan fingerprint density at radius 3 is 2.70 bits per heavy atom. The van der Waals surface area contributed by atoms with Crippen molar-refractivity contribution in [2.75, 3.05) is 24.5 Å². The molecule has 0 aliphatic carbocycles. The van der Waals surface area contributed by atoms with E-state index in [0.29, 0.717) is 6.04 Å². The zero-order valence-corrected chi connectivity index (χ0v) is 11.5. The van der Waals surface area contributed by atoms with Crippen LogP contribution >= 0.6 is 0 Å². The van der Waals surface area contributed by atoms with E-state index in [4.69, 9.17) is 4.52 Å². The number of hydrogen-bond donors (Lipinski definition) is 1. The fraction of sp³-hybridized carbons (Fsp3) is 0.467. The molecule has 1 aromatic carbocycles. The van der Waals surface area contributed by atoms with Crippen LogP contribution in [0.15, 0.2) is 41.2 Å². The van der Waals surface area contributed by atoms with E-state index < -0.39 is 0 Å². The second-order valence-corrected chi connectivity index (χ2v) is 5.15. The van der Waals surface area contributed by atoms with Crippen molar-refractivity contribution in [3.63, 3.8) is 0 Å². The summed E-state index contributed by atoms with van der Waals surface area (Å²) in [7, 11) is 0. The van der Waals surface area contributed by atoms with E-state index >= 15 is 0 Å². The second-order valence-electron chi connectivity index (χ2n) is 5.15. The van der Waals surface area contributed by atoms with Crippen molar-refractivity contribution in [3.05, 3.63) is 42.5 Å². The van der Waals surface area contributed by atoms with Gasteiger partial charge in [0, 0.05) is 37.8 Å². The average Bonchev–Trinajstić information content (AvgIpc) is 3.02. The number of para-hydroxylation sites is 1. The Bertz CT molecular complexity index is 492. The molecular weight excluding hydrogens is 252 g/mol. The fourth-order valence-corrected chi connectivity index (χ4v) is 2.67. The highest BCUT2D eigenvalue weighted by molar-refractivity contribution is 5.46. The predicted octanol–water partition coefficient (Wildman–Crippen LogP) is 1.87. The van der Waals surface area contributed by atoms with Gasteiger partial charge in [0.2, 0.25) is 6.39 Å². The molecule has 1 fully saturated rings. The first-order valence-electron chi connectivity index (χ1n) is 7.20. The Labute approximate surface area is 119 Å². The quantitative estimate of drug-likeness (QED) is 0.900. The highest BCUT2D eigenvalue weighted by Crippen LogP contribution is 2.19. The van der Waals surface area contributed by atoms with Gasteiger partial charge in [-0.15, -0.1) is 0 Å². The second kappa shape index (κ2) is 6.52. The molecule has 106 valence electrons. The van der Waals surface area contributed by atoms with E-state index in [0.717, 1.165) is 31.9 Å². The maximum Gasteiger partial charge on any atom is 0.213 e. The van der Waals surface area contributed by atoms with Crippen LogP contribution in [-0.2, 0) is 6.42 Å². The Kier molecular flexibility index (Phi) is 4.28. The van der Waals surface area contributed by atoms with Crippen LogP contribution in [0.2, 0.25) is 0 Å². The number of piperidine rings is 1. The topological polar surface area (TPSA) is 54.2 Å². The van der Waals surface area contributed by atoms with Crippen molar-refractivity contribution in [3.8, 4) is 0 Å². The first kappa shape index (κ1) is 13.1. The van der Waals surface area contributed by atoms with Gasteiger partial charge in [-0.3, -0.25) is 0 Å². The Hall–Kier alpha value is -1.88. The molecule has 1 aromatic heterocycles. The van der Waals surface area contributed by atoms with E-state index in [1.165, 1.54) is 24.9 Å². The zero-order chi connectivity index (χ0) is 13.6. The third kappa shape index (κ3) is 3.36. The molecule has 20 heavy (non-hydrogen) atoms. The Morgan fingerprint density at radius 2 is 2.00 bits per heavy atom. The van der Waals surface area contributed by atoms with Gasteiger partial charge in [0.25, 0.3) is 0 Å². The number of nitrogens with zero attached hydrogens (tertiary/aromatic N) is 3. The number of nitrogens with one attached hydrogen (secondary N) is 1. The fourth-order valence-electron chi connectivity index (χ4n) is 2.67. The minimum absolute atomic E-state index is 0.599. The molecular formula is C15H20N4O. The monoisotopic (exact) mass is 272 g/mol. The summed E-state index contributed by atoms with van der Waals surface area (Å²) in [5.74, 6) is 0.777. The lowest BCUT2D eigenvalue weighted by Gasteiger charge is -2.34. The van der Waals surface area contributed by atoms with E-state index in [1.54, 1.807) is 0 Å². The van der Waals surface area contributed by atoms with Gasteiger partial charge < -0.3 is 14.7 Å². The zero-order valence-electron chi connectivity index (χ0n) is 11.5. The molecule has 1 saturated heterocycles. The number of anilines is 1. The summed E-state index contributed by atoms with van der Waals surface area (Å²) in [6.45, 7) is 3.14. The summed E-state index contributed by atoms with van der Waals surface area (Å²) in [6.07, 6.45) is 4.57. The highest BCUT2D eigenvalue weighted by Gasteiger charge is 2.18. The molecule has 5 heteroatoms. The largest absolute Gasteiger partial charge is 0.371 e. The molecule has 0 bridgehead atoms. The summed E-state index contributed by atoms with van der Waals surface area (Å²) in [5, 5.41) is 7.40. The predicted molar refractivity (Wildman–Crippen MR) is 77.7 cm³/mol. The summed E-state index contributed by atoms with van der Waals surface area (Å²) < 4.78 is 4.72. The molecule has 0 radical (unpaired) electrons. The first-order valence-corrected chi connectivity index (χ1v) is 7.20. The molecule has 5 nitrogen and oxygen atoms in total. The van der Waals surface area contributed by atoms with Crippen molar-refractivity contribution in [1.29, 1.82) is 0 Å². The highest BCUT2D eigenvalue weighted by atomic mass is 16.5. The van der Waals surface area contributed by atoms with Crippen LogP contribution in [0.3, 0.4) is 0 Å². The van der Waals surface area contributed by atoms with Crippen LogP contribution in [0.1, 0.15) is 18.7 Å². The Morgan fingerprint density at radius 1 is 1.20 bits per heavy atom. The maximum absolute atomic E-state index is 4.72. The SMILES string of the molecule is c1ccc(N2CCC(NCCc3ncon3)CC2)cc1. The molecule has 1 aliphatic heterocycles. The number of hydrogen-bond acceptors (Lipinski definition) is 5. The molecule has 0 saturated carbocycles. The smallest absolute Gasteiger partial charge is 0.213 e. The van der Waals surface area contributed by atoms with Crippen LogP contribution in [0.5, 0.6) is 0 Å². The van der Waals surface area contributed by atoms with Gasteiger partial charge in [0.05, 0.1) is 0 Å². The van der Waals surface area contributed by atoms with E-state index in [-0.39, 0.29) is 0 Å².